The van der Waals surface area contributed by atoms with E-state index in [-0.39, 0.29) is 0 Å². The summed E-state index contributed by atoms with van der Waals surface area (Å²) in [5.74, 6) is 1.53. The van der Waals surface area contributed by atoms with E-state index in [0.29, 0.717) is 0 Å². The van der Waals surface area contributed by atoms with E-state index in [0.717, 1.165) is 36.2 Å². The van der Waals surface area contributed by atoms with Crippen molar-refractivity contribution in [2.24, 2.45) is 0 Å². The topological polar surface area (TPSA) is 34.1 Å². The molecule has 1 aromatic heterocycles. The summed E-state index contributed by atoms with van der Waals surface area (Å²) in [5, 5.41) is 3.28. The van der Waals surface area contributed by atoms with Crippen molar-refractivity contribution in [3.8, 4) is 5.75 Å². The number of anilines is 2. The van der Waals surface area contributed by atoms with Gasteiger partial charge in [-0.1, -0.05) is 0 Å². The van der Waals surface area contributed by atoms with E-state index >= 15 is 0 Å². The third kappa shape index (κ3) is 3.30. The van der Waals surface area contributed by atoms with Crippen LogP contribution in [0.2, 0.25) is 0 Å². The van der Waals surface area contributed by atoms with Crippen molar-refractivity contribution in [2.75, 3.05) is 12.4 Å². The third-order valence-electron chi connectivity index (χ3n) is 2.58. The summed E-state index contributed by atoms with van der Waals surface area (Å²) >= 11 is 10.5. The van der Waals surface area contributed by atoms with Crippen LogP contribution in [-0.4, -0.2) is 12.1 Å². The monoisotopic (exact) mass is 448 g/mol. The molecular weight excluding hydrogens is 440 g/mol. The lowest BCUT2D eigenvalue weighted by molar-refractivity contribution is 0.412. The van der Waals surface area contributed by atoms with E-state index in [1.807, 2.05) is 25.1 Å². The molecule has 2 aromatic rings. The fourth-order valence-corrected chi connectivity index (χ4v) is 3.12. The number of hydrogen-bond donors (Lipinski definition) is 1. The van der Waals surface area contributed by atoms with Crippen LogP contribution in [0.1, 0.15) is 5.56 Å². The first-order valence-corrected chi connectivity index (χ1v) is 7.82. The van der Waals surface area contributed by atoms with Gasteiger partial charge < -0.3 is 10.1 Å². The molecule has 0 unspecified atom stereocenters. The predicted octanol–water partition coefficient (Wildman–Crippen LogP) is 5.43. The second kappa shape index (κ2) is 6.24. The molecule has 0 fully saturated rings. The molecule has 0 radical (unpaired) electrons. The van der Waals surface area contributed by atoms with Crippen molar-refractivity contribution < 1.29 is 4.74 Å². The molecule has 2 rings (SSSR count). The Morgan fingerprint density at radius 1 is 1.16 bits per heavy atom. The lowest BCUT2D eigenvalue weighted by Crippen LogP contribution is -1.97. The average molecular weight is 451 g/mol. The van der Waals surface area contributed by atoms with Gasteiger partial charge in [0.05, 0.1) is 21.7 Å². The van der Waals surface area contributed by atoms with Crippen LogP contribution in [0, 0.1) is 6.92 Å². The van der Waals surface area contributed by atoms with E-state index < -0.39 is 0 Å². The predicted molar refractivity (Wildman–Crippen MR) is 88.4 cm³/mol. The van der Waals surface area contributed by atoms with E-state index in [9.17, 15) is 0 Å². The SMILES string of the molecule is COc1cc(Nc2nccc(C)c2Br)c(Br)cc1Br. The lowest BCUT2D eigenvalue weighted by Gasteiger charge is -2.13. The number of nitrogens with one attached hydrogen (secondary N) is 1. The third-order valence-corrected chi connectivity index (χ3v) is 4.85. The van der Waals surface area contributed by atoms with E-state index in [1.165, 1.54) is 0 Å². The molecule has 1 N–H and O–H groups in total. The van der Waals surface area contributed by atoms with Crippen molar-refractivity contribution in [1.82, 2.24) is 4.98 Å². The van der Waals surface area contributed by atoms with Crippen molar-refractivity contribution in [1.29, 1.82) is 0 Å². The smallest absolute Gasteiger partial charge is 0.144 e. The Morgan fingerprint density at radius 3 is 2.58 bits per heavy atom. The highest BCUT2D eigenvalue weighted by Gasteiger charge is 2.10. The van der Waals surface area contributed by atoms with Gasteiger partial charge in [0.25, 0.3) is 0 Å². The Hall–Kier alpha value is -0.590. The van der Waals surface area contributed by atoms with Gasteiger partial charge in [0.1, 0.15) is 11.6 Å². The molecule has 6 heteroatoms. The maximum Gasteiger partial charge on any atom is 0.144 e. The van der Waals surface area contributed by atoms with Gasteiger partial charge in [-0.25, -0.2) is 4.98 Å². The number of benzene rings is 1. The zero-order valence-electron chi connectivity index (χ0n) is 10.3. The number of halogens is 3. The molecular formula is C13H11Br3N2O. The summed E-state index contributed by atoms with van der Waals surface area (Å²) in [4.78, 5) is 4.32. The van der Waals surface area contributed by atoms with Gasteiger partial charge >= 0.3 is 0 Å². The van der Waals surface area contributed by atoms with Crippen molar-refractivity contribution >= 4 is 59.3 Å². The molecule has 0 aliphatic heterocycles. The Balaban J connectivity index is 2.41. The van der Waals surface area contributed by atoms with E-state index in [1.54, 1.807) is 13.3 Å². The van der Waals surface area contributed by atoms with Gasteiger partial charge in [-0.3, -0.25) is 0 Å². The van der Waals surface area contributed by atoms with Crippen molar-refractivity contribution in [3.05, 3.63) is 43.4 Å². The summed E-state index contributed by atoms with van der Waals surface area (Å²) in [5.41, 5.74) is 2.01. The number of aryl methyl sites for hydroxylation is 1. The van der Waals surface area contributed by atoms with Gasteiger partial charge in [0.15, 0.2) is 0 Å². The van der Waals surface area contributed by atoms with E-state index in [2.05, 4.69) is 58.1 Å². The minimum Gasteiger partial charge on any atom is -0.495 e. The summed E-state index contributed by atoms with van der Waals surface area (Å²) in [6.45, 7) is 2.02. The molecule has 0 spiro atoms. The maximum absolute atomic E-state index is 5.29. The standard InChI is InChI=1S/C13H11Br3N2O/c1-7-3-4-17-13(12(7)16)18-10-6-11(19-2)9(15)5-8(10)14/h3-6H,1-2H3,(H,17,18). The van der Waals surface area contributed by atoms with Crippen LogP contribution in [0.4, 0.5) is 11.5 Å². The number of hydrogen-bond acceptors (Lipinski definition) is 3. The Morgan fingerprint density at radius 2 is 1.89 bits per heavy atom. The fourth-order valence-electron chi connectivity index (χ4n) is 1.54. The first-order valence-electron chi connectivity index (χ1n) is 5.44. The van der Waals surface area contributed by atoms with Gasteiger partial charge in [0, 0.05) is 16.7 Å². The van der Waals surface area contributed by atoms with Crippen LogP contribution in [-0.2, 0) is 0 Å². The first kappa shape index (κ1) is 14.8. The summed E-state index contributed by atoms with van der Waals surface area (Å²) < 4.78 is 8.06. The molecule has 1 heterocycles. The molecule has 1 aromatic carbocycles. The van der Waals surface area contributed by atoms with Crippen LogP contribution in [0.25, 0.3) is 0 Å². The minimum absolute atomic E-state index is 0.759. The van der Waals surface area contributed by atoms with Crippen LogP contribution in [0.15, 0.2) is 37.8 Å². The average Bonchev–Trinajstić information content (AvgIpc) is 2.38. The molecule has 0 aliphatic carbocycles. The number of aromatic nitrogens is 1. The molecule has 0 aliphatic rings. The highest BCUT2D eigenvalue weighted by molar-refractivity contribution is 9.11. The molecule has 0 bridgehead atoms. The van der Waals surface area contributed by atoms with Gasteiger partial charge in [-0.2, -0.15) is 0 Å². The number of methoxy groups -OCH3 is 1. The molecule has 0 amide bonds. The number of pyridine rings is 1. The zero-order chi connectivity index (χ0) is 14.0. The van der Waals surface area contributed by atoms with Gasteiger partial charge in [-0.15, -0.1) is 0 Å². The first-order chi connectivity index (χ1) is 9.02. The Kier molecular flexibility index (Phi) is 4.86. The van der Waals surface area contributed by atoms with Crippen molar-refractivity contribution in [3.63, 3.8) is 0 Å². The van der Waals surface area contributed by atoms with E-state index in [4.69, 9.17) is 4.74 Å². The molecule has 0 saturated carbocycles. The second-order valence-corrected chi connectivity index (χ2v) is 6.38. The lowest BCUT2D eigenvalue weighted by atomic mass is 10.2. The molecule has 19 heavy (non-hydrogen) atoms. The molecule has 3 nitrogen and oxygen atoms in total. The minimum atomic E-state index is 0.759. The quantitative estimate of drug-likeness (QED) is 0.677. The molecule has 0 atom stereocenters. The number of ether oxygens (including phenoxy) is 1. The van der Waals surface area contributed by atoms with Gasteiger partial charge in [-0.05, 0) is 72.4 Å². The molecule has 100 valence electrons. The van der Waals surface area contributed by atoms with Gasteiger partial charge in [0.2, 0.25) is 0 Å². The maximum atomic E-state index is 5.29. The summed E-state index contributed by atoms with van der Waals surface area (Å²) in [7, 11) is 1.64. The summed E-state index contributed by atoms with van der Waals surface area (Å²) in [6, 6.07) is 5.79. The Labute approximate surface area is 137 Å². The highest BCUT2D eigenvalue weighted by atomic mass is 79.9. The Bertz CT molecular complexity index is 617. The van der Waals surface area contributed by atoms with Crippen LogP contribution >= 0.6 is 47.8 Å². The number of rotatable bonds is 3. The highest BCUT2D eigenvalue weighted by Crippen LogP contribution is 2.37. The van der Waals surface area contributed by atoms with Crippen LogP contribution in [0.5, 0.6) is 5.75 Å². The normalized spacial score (nSPS) is 10.4. The fraction of sp³-hybridized carbons (Fsp3) is 0.154. The second-order valence-electron chi connectivity index (χ2n) is 3.88. The molecule has 0 saturated heterocycles. The largest absolute Gasteiger partial charge is 0.495 e. The van der Waals surface area contributed by atoms with Crippen LogP contribution < -0.4 is 10.1 Å². The number of nitrogens with zero attached hydrogens (tertiary/aromatic N) is 1. The van der Waals surface area contributed by atoms with Crippen LogP contribution in [0.3, 0.4) is 0 Å². The van der Waals surface area contributed by atoms with Crippen molar-refractivity contribution in [2.45, 2.75) is 6.92 Å². The summed E-state index contributed by atoms with van der Waals surface area (Å²) in [6.07, 6.45) is 1.77. The zero-order valence-corrected chi connectivity index (χ0v) is 15.1.